The fourth-order valence-electron chi connectivity index (χ4n) is 2.61. The zero-order valence-electron chi connectivity index (χ0n) is 14.3. The summed E-state index contributed by atoms with van der Waals surface area (Å²) in [5.41, 5.74) is 0.454. The summed E-state index contributed by atoms with van der Waals surface area (Å²) in [6.07, 6.45) is 0. The van der Waals surface area contributed by atoms with Crippen LogP contribution in [-0.2, 0) is 4.74 Å². The summed E-state index contributed by atoms with van der Waals surface area (Å²) in [6.45, 7) is 12.4. The predicted octanol–water partition coefficient (Wildman–Crippen LogP) is 1.01. The number of ether oxygens (including phenoxy) is 1. The van der Waals surface area contributed by atoms with Crippen molar-refractivity contribution in [1.82, 2.24) is 19.8 Å². The number of anilines is 1. The largest absolute Gasteiger partial charge is 0.379 e. The number of carbonyl (C=O) groups is 1. The Morgan fingerprint density at radius 3 is 2.65 bits per heavy atom. The maximum absolute atomic E-state index is 12.4. The first-order valence-corrected chi connectivity index (χ1v) is 8.33. The Kier molecular flexibility index (Phi) is 6.73. The van der Waals surface area contributed by atoms with Gasteiger partial charge in [0.25, 0.3) is 5.91 Å². The number of nitrogens with one attached hydrogen (secondary N) is 1. The third-order valence-electron chi connectivity index (χ3n) is 3.95. The third-order valence-corrected chi connectivity index (χ3v) is 3.95. The van der Waals surface area contributed by atoms with E-state index in [1.165, 1.54) is 0 Å². The molecular formula is C16H27N5O2. The second-order valence-corrected chi connectivity index (χ2v) is 5.54. The summed E-state index contributed by atoms with van der Waals surface area (Å²) >= 11 is 0. The monoisotopic (exact) mass is 321 g/mol. The molecule has 1 aliphatic heterocycles. The first-order chi connectivity index (χ1) is 11.1. The highest BCUT2D eigenvalue weighted by Crippen LogP contribution is 2.09. The molecule has 0 spiro atoms. The standard InChI is InChI=1S/C16H27N5O2/c1-4-21(5-2)16(22)14-12-15(19-13(3)18-14)17-6-7-20-8-10-23-11-9-20/h12H,4-11H2,1-3H3,(H,17,18,19). The van der Waals surface area contributed by atoms with E-state index in [2.05, 4.69) is 20.2 Å². The summed E-state index contributed by atoms with van der Waals surface area (Å²) in [5, 5.41) is 3.30. The lowest BCUT2D eigenvalue weighted by molar-refractivity contribution is 0.0398. The minimum absolute atomic E-state index is 0.0447. The fourth-order valence-corrected chi connectivity index (χ4v) is 2.61. The van der Waals surface area contributed by atoms with Crippen LogP contribution in [0.25, 0.3) is 0 Å². The zero-order valence-corrected chi connectivity index (χ0v) is 14.3. The van der Waals surface area contributed by atoms with Gasteiger partial charge in [0, 0.05) is 45.3 Å². The smallest absolute Gasteiger partial charge is 0.272 e. The van der Waals surface area contributed by atoms with Crippen molar-refractivity contribution in [2.45, 2.75) is 20.8 Å². The van der Waals surface area contributed by atoms with Crippen LogP contribution in [0.2, 0.25) is 0 Å². The van der Waals surface area contributed by atoms with Gasteiger partial charge in [0.15, 0.2) is 0 Å². The topological polar surface area (TPSA) is 70.6 Å². The van der Waals surface area contributed by atoms with Gasteiger partial charge in [-0.25, -0.2) is 9.97 Å². The summed E-state index contributed by atoms with van der Waals surface area (Å²) in [5.74, 6) is 1.27. The first-order valence-electron chi connectivity index (χ1n) is 8.33. The number of amides is 1. The normalized spacial score (nSPS) is 15.4. The van der Waals surface area contributed by atoms with E-state index in [1.54, 1.807) is 11.0 Å². The van der Waals surface area contributed by atoms with Crippen LogP contribution < -0.4 is 5.32 Å². The number of hydrogen-bond acceptors (Lipinski definition) is 6. The maximum Gasteiger partial charge on any atom is 0.272 e. The average molecular weight is 321 g/mol. The molecule has 1 amide bonds. The average Bonchev–Trinajstić information content (AvgIpc) is 2.56. The van der Waals surface area contributed by atoms with E-state index in [0.717, 1.165) is 39.4 Å². The van der Waals surface area contributed by atoms with Crippen LogP contribution in [0.3, 0.4) is 0 Å². The summed E-state index contributed by atoms with van der Waals surface area (Å²) in [6, 6.07) is 1.74. The summed E-state index contributed by atoms with van der Waals surface area (Å²) in [7, 11) is 0. The Morgan fingerprint density at radius 1 is 1.30 bits per heavy atom. The number of aromatic nitrogens is 2. The Bertz CT molecular complexity index is 513. The first kappa shape index (κ1) is 17.6. The lowest BCUT2D eigenvalue weighted by Crippen LogP contribution is -2.39. The Balaban J connectivity index is 1.95. The molecule has 0 atom stereocenters. The number of nitrogens with zero attached hydrogens (tertiary/aromatic N) is 4. The Labute approximate surface area is 138 Å². The van der Waals surface area contributed by atoms with Crippen molar-refractivity contribution < 1.29 is 9.53 Å². The summed E-state index contributed by atoms with van der Waals surface area (Å²) in [4.78, 5) is 25.2. The molecule has 0 aromatic carbocycles. The highest BCUT2D eigenvalue weighted by molar-refractivity contribution is 5.92. The Hall–Kier alpha value is -1.73. The van der Waals surface area contributed by atoms with Crippen LogP contribution >= 0.6 is 0 Å². The van der Waals surface area contributed by atoms with Crippen LogP contribution in [0, 0.1) is 6.92 Å². The molecule has 7 heteroatoms. The van der Waals surface area contributed by atoms with E-state index < -0.39 is 0 Å². The maximum atomic E-state index is 12.4. The molecule has 1 saturated heterocycles. The molecule has 1 aromatic rings. The van der Waals surface area contributed by atoms with Crippen LogP contribution in [-0.4, -0.2) is 78.2 Å². The molecule has 1 aromatic heterocycles. The van der Waals surface area contributed by atoms with Crippen molar-refractivity contribution in [2.75, 3.05) is 57.8 Å². The number of hydrogen-bond donors (Lipinski definition) is 1. The van der Waals surface area contributed by atoms with Crippen molar-refractivity contribution in [3.05, 3.63) is 17.6 Å². The molecule has 0 aliphatic carbocycles. The molecule has 0 unspecified atom stereocenters. The number of aryl methyl sites for hydroxylation is 1. The van der Waals surface area contributed by atoms with Crippen molar-refractivity contribution in [2.24, 2.45) is 0 Å². The molecule has 1 fully saturated rings. The minimum atomic E-state index is -0.0447. The zero-order chi connectivity index (χ0) is 16.7. The minimum Gasteiger partial charge on any atom is -0.379 e. The molecular weight excluding hydrogens is 294 g/mol. The molecule has 2 heterocycles. The number of carbonyl (C=O) groups excluding carboxylic acids is 1. The molecule has 23 heavy (non-hydrogen) atoms. The van der Waals surface area contributed by atoms with E-state index in [9.17, 15) is 4.79 Å². The van der Waals surface area contributed by atoms with Gasteiger partial charge in [-0.15, -0.1) is 0 Å². The SMILES string of the molecule is CCN(CC)C(=O)c1cc(NCCN2CCOCC2)nc(C)n1. The van der Waals surface area contributed by atoms with Crippen LogP contribution in [0.15, 0.2) is 6.07 Å². The summed E-state index contributed by atoms with van der Waals surface area (Å²) < 4.78 is 5.34. The third kappa shape index (κ3) is 5.14. The molecule has 1 N–H and O–H groups in total. The van der Waals surface area contributed by atoms with Gasteiger partial charge in [-0.05, 0) is 20.8 Å². The van der Waals surface area contributed by atoms with Crippen LogP contribution in [0.4, 0.5) is 5.82 Å². The van der Waals surface area contributed by atoms with E-state index in [1.807, 2.05) is 20.8 Å². The van der Waals surface area contributed by atoms with E-state index in [4.69, 9.17) is 4.74 Å². The van der Waals surface area contributed by atoms with Crippen LogP contribution in [0.5, 0.6) is 0 Å². The van der Waals surface area contributed by atoms with Gasteiger partial charge < -0.3 is 15.0 Å². The van der Waals surface area contributed by atoms with Crippen LogP contribution in [0.1, 0.15) is 30.2 Å². The fraction of sp³-hybridized carbons (Fsp3) is 0.688. The molecule has 0 radical (unpaired) electrons. The molecule has 2 rings (SSSR count). The lowest BCUT2D eigenvalue weighted by Gasteiger charge is -2.26. The van der Waals surface area contributed by atoms with E-state index in [-0.39, 0.29) is 5.91 Å². The Morgan fingerprint density at radius 2 is 2.00 bits per heavy atom. The molecule has 128 valence electrons. The van der Waals surface area contributed by atoms with Gasteiger partial charge >= 0.3 is 0 Å². The lowest BCUT2D eigenvalue weighted by atomic mass is 10.3. The van der Waals surface area contributed by atoms with Gasteiger partial charge in [-0.3, -0.25) is 9.69 Å². The van der Waals surface area contributed by atoms with E-state index in [0.29, 0.717) is 30.4 Å². The highest BCUT2D eigenvalue weighted by Gasteiger charge is 2.16. The number of morpholine rings is 1. The molecule has 0 saturated carbocycles. The van der Waals surface area contributed by atoms with Crippen molar-refractivity contribution >= 4 is 11.7 Å². The molecule has 7 nitrogen and oxygen atoms in total. The van der Waals surface area contributed by atoms with Gasteiger partial charge in [0.1, 0.15) is 17.3 Å². The number of rotatable bonds is 7. The van der Waals surface area contributed by atoms with E-state index >= 15 is 0 Å². The quantitative estimate of drug-likeness (QED) is 0.808. The molecule has 0 bridgehead atoms. The second-order valence-electron chi connectivity index (χ2n) is 5.54. The van der Waals surface area contributed by atoms with Crippen molar-refractivity contribution in [3.63, 3.8) is 0 Å². The van der Waals surface area contributed by atoms with Gasteiger partial charge in [-0.1, -0.05) is 0 Å². The van der Waals surface area contributed by atoms with Gasteiger partial charge in [0.05, 0.1) is 13.2 Å². The highest BCUT2D eigenvalue weighted by atomic mass is 16.5. The van der Waals surface area contributed by atoms with Crippen molar-refractivity contribution in [1.29, 1.82) is 0 Å². The van der Waals surface area contributed by atoms with Gasteiger partial charge in [0.2, 0.25) is 0 Å². The van der Waals surface area contributed by atoms with Crippen molar-refractivity contribution in [3.8, 4) is 0 Å². The predicted molar refractivity (Wildman–Crippen MR) is 89.8 cm³/mol. The molecule has 1 aliphatic rings. The van der Waals surface area contributed by atoms with Gasteiger partial charge in [-0.2, -0.15) is 0 Å². The second kappa shape index (κ2) is 8.79.